The van der Waals surface area contributed by atoms with E-state index in [9.17, 15) is 0 Å². The lowest BCUT2D eigenvalue weighted by Gasteiger charge is -2.29. The minimum Gasteiger partial charge on any atom is -0.382 e. The molecule has 0 amide bonds. The standard InChI is InChI=1S/C13H20N2/c1-15(2)10-11-6-3-4-9-13(11)14-12-7-5-8-12/h3-4,6,9,12,14H,5,7-8,10H2,1-2H3. The molecule has 0 aromatic heterocycles. The summed E-state index contributed by atoms with van der Waals surface area (Å²) in [5, 5.41) is 3.63. The molecule has 15 heavy (non-hydrogen) atoms. The summed E-state index contributed by atoms with van der Waals surface area (Å²) >= 11 is 0. The lowest BCUT2D eigenvalue weighted by molar-refractivity contribution is 0.401. The van der Waals surface area contributed by atoms with Crippen molar-refractivity contribution in [3.8, 4) is 0 Å². The molecule has 1 aromatic carbocycles. The van der Waals surface area contributed by atoms with Crippen molar-refractivity contribution in [2.24, 2.45) is 0 Å². The minimum absolute atomic E-state index is 0.716. The Morgan fingerprint density at radius 2 is 2.00 bits per heavy atom. The predicted molar refractivity (Wildman–Crippen MR) is 65.1 cm³/mol. The molecular weight excluding hydrogens is 184 g/mol. The summed E-state index contributed by atoms with van der Waals surface area (Å²) in [5.41, 5.74) is 2.71. The summed E-state index contributed by atoms with van der Waals surface area (Å²) in [6.07, 6.45) is 4.04. The fourth-order valence-electron chi connectivity index (χ4n) is 1.91. The third-order valence-corrected chi connectivity index (χ3v) is 2.97. The number of hydrogen-bond donors (Lipinski definition) is 1. The maximum Gasteiger partial charge on any atom is 0.0388 e. The van der Waals surface area contributed by atoms with Crippen LogP contribution in [-0.4, -0.2) is 25.0 Å². The summed E-state index contributed by atoms with van der Waals surface area (Å²) in [5.74, 6) is 0. The molecule has 1 N–H and O–H groups in total. The van der Waals surface area contributed by atoms with Crippen LogP contribution in [0.2, 0.25) is 0 Å². The molecule has 0 aliphatic heterocycles. The summed E-state index contributed by atoms with van der Waals surface area (Å²) < 4.78 is 0. The third kappa shape index (κ3) is 2.72. The molecule has 1 aliphatic rings. The molecular formula is C13H20N2. The van der Waals surface area contributed by atoms with Gasteiger partial charge in [-0.2, -0.15) is 0 Å². The number of nitrogens with zero attached hydrogens (tertiary/aromatic N) is 1. The van der Waals surface area contributed by atoms with Gasteiger partial charge in [0.05, 0.1) is 0 Å². The summed E-state index contributed by atoms with van der Waals surface area (Å²) in [4.78, 5) is 2.21. The highest BCUT2D eigenvalue weighted by Crippen LogP contribution is 2.25. The van der Waals surface area contributed by atoms with Crippen LogP contribution in [0.5, 0.6) is 0 Å². The van der Waals surface area contributed by atoms with Gasteiger partial charge < -0.3 is 10.2 Å². The maximum atomic E-state index is 3.63. The van der Waals surface area contributed by atoms with Crippen molar-refractivity contribution in [3.63, 3.8) is 0 Å². The fourth-order valence-corrected chi connectivity index (χ4v) is 1.91. The van der Waals surface area contributed by atoms with Crippen LogP contribution in [0, 0.1) is 0 Å². The maximum absolute atomic E-state index is 3.63. The lowest BCUT2D eigenvalue weighted by Crippen LogP contribution is -2.27. The second-order valence-corrected chi connectivity index (χ2v) is 4.67. The highest BCUT2D eigenvalue weighted by molar-refractivity contribution is 5.52. The number of hydrogen-bond acceptors (Lipinski definition) is 2. The summed E-state index contributed by atoms with van der Waals surface area (Å²) in [6, 6.07) is 9.34. The van der Waals surface area contributed by atoms with E-state index in [1.165, 1.54) is 30.5 Å². The van der Waals surface area contributed by atoms with Gasteiger partial charge in [-0.15, -0.1) is 0 Å². The smallest absolute Gasteiger partial charge is 0.0388 e. The van der Waals surface area contributed by atoms with Crippen molar-refractivity contribution in [2.45, 2.75) is 31.8 Å². The Morgan fingerprint density at radius 1 is 1.27 bits per heavy atom. The molecule has 1 aromatic rings. The topological polar surface area (TPSA) is 15.3 Å². The molecule has 1 fully saturated rings. The predicted octanol–water partition coefficient (Wildman–Crippen LogP) is 2.71. The van der Waals surface area contributed by atoms with E-state index in [4.69, 9.17) is 0 Å². The third-order valence-electron chi connectivity index (χ3n) is 2.97. The van der Waals surface area contributed by atoms with Crippen molar-refractivity contribution in [2.75, 3.05) is 19.4 Å². The first-order valence-electron chi connectivity index (χ1n) is 5.75. The average Bonchev–Trinajstić information content (AvgIpc) is 2.13. The van der Waals surface area contributed by atoms with Crippen LogP contribution in [-0.2, 0) is 6.54 Å². The van der Waals surface area contributed by atoms with Crippen molar-refractivity contribution in [1.82, 2.24) is 4.90 Å². The SMILES string of the molecule is CN(C)Cc1ccccc1NC1CCC1. The molecule has 1 saturated carbocycles. The first kappa shape index (κ1) is 10.5. The van der Waals surface area contributed by atoms with Crippen LogP contribution in [0.15, 0.2) is 24.3 Å². The van der Waals surface area contributed by atoms with Crippen molar-refractivity contribution in [3.05, 3.63) is 29.8 Å². The number of rotatable bonds is 4. The van der Waals surface area contributed by atoms with Gasteiger partial charge in [0.15, 0.2) is 0 Å². The zero-order chi connectivity index (χ0) is 10.7. The normalized spacial score (nSPS) is 16.5. The quantitative estimate of drug-likeness (QED) is 0.811. The van der Waals surface area contributed by atoms with Gasteiger partial charge in [-0.05, 0) is 45.0 Å². The highest BCUT2D eigenvalue weighted by Gasteiger charge is 2.17. The lowest BCUT2D eigenvalue weighted by atomic mass is 9.92. The van der Waals surface area contributed by atoms with E-state index < -0.39 is 0 Å². The zero-order valence-electron chi connectivity index (χ0n) is 9.66. The van der Waals surface area contributed by atoms with Gasteiger partial charge in [-0.1, -0.05) is 18.2 Å². The van der Waals surface area contributed by atoms with Gasteiger partial charge in [0, 0.05) is 18.3 Å². The van der Waals surface area contributed by atoms with E-state index in [0.717, 1.165) is 6.54 Å². The van der Waals surface area contributed by atoms with Crippen molar-refractivity contribution in [1.29, 1.82) is 0 Å². The molecule has 0 atom stereocenters. The Bertz CT molecular complexity index is 316. The van der Waals surface area contributed by atoms with Gasteiger partial charge in [0.25, 0.3) is 0 Å². The van der Waals surface area contributed by atoms with E-state index >= 15 is 0 Å². The Morgan fingerprint density at radius 3 is 2.60 bits per heavy atom. The van der Waals surface area contributed by atoms with Crippen molar-refractivity contribution >= 4 is 5.69 Å². The van der Waals surface area contributed by atoms with Crippen LogP contribution in [0.25, 0.3) is 0 Å². The Balaban J connectivity index is 2.06. The van der Waals surface area contributed by atoms with Gasteiger partial charge in [0.1, 0.15) is 0 Å². The molecule has 0 heterocycles. The van der Waals surface area contributed by atoms with E-state index in [1.54, 1.807) is 0 Å². The van der Waals surface area contributed by atoms with Crippen LogP contribution < -0.4 is 5.32 Å². The van der Waals surface area contributed by atoms with Crippen LogP contribution in [0.3, 0.4) is 0 Å². The highest BCUT2D eigenvalue weighted by atomic mass is 15.1. The Labute approximate surface area is 92.3 Å². The molecule has 2 rings (SSSR count). The van der Waals surface area contributed by atoms with Crippen molar-refractivity contribution < 1.29 is 0 Å². The Hall–Kier alpha value is -1.02. The van der Waals surface area contributed by atoms with E-state index in [0.29, 0.717) is 6.04 Å². The number of benzene rings is 1. The molecule has 0 radical (unpaired) electrons. The average molecular weight is 204 g/mol. The van der Waals surface area contributed by atoms with E-state index in [-0.39, 0.29) is 0 Å². The number of para-hydroxylation sites is 1. The molecule has 2 nitrogen and oxygen atoms in total. The van der Waals surface area contributed by atoms with E-state index in [1.807, 2.05) is 0 Å². The molecule has 0 saturated heterocycles. The summed E-state index contributed by atoms with van der Waals surface area (Å²) in [6.45, 7) is 1.01. The van der Waals surface area contributed by atoms with Gasteiger partial charge in [-0.3, -0.25) is 0 Å². The van der Waals surface area contributed by atoms with Crippen LogP contribution in [0.4, 0.5) is 5.69 Å². The summed E-state index contributed by atoms with van der Waals surface area (Å²) in [7, 11) is 4.22. The first-order valence-corrected chi connectivity index (χ1v) is 5.75. The fraction of sp³-hybridized carbons (Fsp3) is 0.538. The molecule has 0 bridgehead atoms. The molecule has 0 spiro atoms. The second kappa shape index (κ2) is 4.67. The molecule has 82 valence electrons. The van der Waals surface area contributed by atoms with Crippen LogP contribution in [0.1, 0.15) is 24.8 Å². The second-order valence-electron chi connectivity index (χ2n) is 4.67. The monoisotopic (exact) mass is 204 g/mol. The first-order chi connectivity index (χ1) is 7.25. The molecule has 0 unspecified atom stereocenters. The van der Waals surface area contributed by atoms with E-state index in [2.05, 4.69) is 48.6 Å². The van der Waals surface area contributed by atoms with Gasteiger partial charge in [-0.25, -0.2) is 0 Å². The Kier molecular flexibility index (Phi) is 3.27. The largest absolute Gasteiger partial charge is 0.382 e. The minimum atomic E-state index is 0.716. The van der Waals surface area contributed by atoms with Gasteiger partial charge >= 0.3 is 0 Å². The number of nitrogens with one attached hydrogen (secondary N) is 1. The zero-order valence-corrected chi connectivity index (χ0v) is 9.66. The molecule has 2 heteroatoms. The van der Waals surface area contributed by atoms with Gasteiger partial charge in [0.2, 0.25) is 0 Å². The number of anilines is 1. The molecule has 1 aliphatic carbocycles. The van der Waals surface area contributed by atoms with Crippen LogP contribution >= 0.6 is 0 Å².